The molecule has 0 spiro atoms. The van der Waals surface area contributed by atoms with Gasteiger partial charge in [0.2, 0.25) is 10.0 Å². The van der Waals surface area contributed by atoms with Gasteiger partial charge in [0.1, 0.15) is 0 Å². The number of anilines is 1. The first-order valence-electron chi connectivity index (χ1n) is 6.11. The number of nitrogens with one attached hydrogen (secondary N) is 1. The molecule has 1 aliphatic rings. The molecule has 3 N–H and O–H groups in total. The van der Waals surface area contributed by atoms with E-state index in [-0.39, 0.29) is 0 Å². The Balaban J connectivity index is 2.07. The second-order valence-corrected chi connectivity index (χ2v) is 6.27. The molecule has 18 heavy (non-hydrogen) atoms. The fraction of sp³-hybridized carbons (Fsp3) is 0.500. The lowest BCUT2D eigenvalue weighted by Gasteiger charge is -2.40. The summed E-state index contributed by atoms with van der Waals surface area (Å²) in [6.45, 7) is 4.78. The lowest BCUT2D eigenvalue weighted by molar-refractivity contribution is 0.420. The molecule has 1 aromatic rings. The molecule has 0 unspecified atom stereocenters. The van der Waals surface area contributed by atoms with Gasteiger partial charge in [0.15, 0.2) is 0 Å². The summed E-state index contributed by atoms with van der Waals surface area (Å²) in [6.07, 6.45) is 0. The number of benzene rings is 1. The highest BCUT2D eigenvalue weighted by molar-refractivity contribution is 7.89. The van der Waals surface area contributed by atoms with Crippen molar-refractivity contribution in [1.29, 1.82) is 0 Å². The van der Waals surface area contributed by atoms with Gasteiger partial charge in [0.25, 0.3) is 0 Å². The van der Waals surface area contributed by atoms with Crippen LogP contribution < -0.4 is 15.4 Å². The number of rotatable bonds is 5. The highest BCUT2D eigenvalue weighted by Gasteiger charge is 2.25. The molecule has 1 fully saturated rings. The summed E-state index contributed by atoms with van der Waals surface area (Å²) in [7, 11) is -3.35. The van der Waals surface area contributed by atoms with Crippen molar-refractivity contribution in [2.45, 2.75) is 11.8 Å². The Morgan fingerprint density at radius 2 is 1.94 bits per heavy atom. The molecule has 1 saturated heterocycles. The van der Waals surface area contributed by atoms with Gasteiger partial charge in [-0.25, -0.2) is 13.1 Å². The molecule has 0 radical (unpaired) electrons. The minimum atomic E-state index is -3.35. The molecule has 0 aliphatic carbocycles. The van der Waals surface area contributed by atoms with E-state index in [0.717, 1.165) is 18.8 Å². The van der Waals surface area contributed by atoms with Gasteiger partial charge in [-0.2, -0.15) is 0 Å². The van der Waals surface area contributed by atoms with Crippen LogP contribution in [-0.4, -0.2) is 34.6 Å². The molecule has 0 amide bonds. The summed E-state index contributed by atoms with van der Waals surface area (Å²) < 4.78 is 26.0. The van der Waals surface area contributed by atoms with E-state index in [2.05, 4.69) is 9.62 Å². The monoisotopic (exact) mass is 269 g/mol. The Labute approximate surface area is 108 Å². The van der Waals surface area contributed by atoms with Crippen molar-refractivity contribution >= 4 is 15.7 Å². The van der Waals surface area contributed by atoms with Crippen LogP contribution in [0.2, 0.25) is 0 Å². The Morgan fingerprint density at radius 3 is 2.44 bits per heavy atom. The molecule has 1 aliphatic heterocycles. The van der Waals surface area contributed by atoms with E-state index in [1.165, 1.54) is 0 Å². The molecule has 0 saturated carbocycles. The maximum atomic E-state index is 11.8. The Hall–Kier alpha value is -1.11. The van der Waals surface area contributed by atoms with Crippen molar-refractivity contribution < 1.29 is 8.42 Å². The second kappa shape index (κ2) is 5.26. The van der Waals surface area contributed by atoms with Crippen LogP contribution in [0.1, 0.15) is 6.92 Å². The molecule has 5 nitrogen and oxygen atoms in total. The topological polar surface area (TPSA) is 75.4 Å². The normalized spacial score (nSPS) is 16.7. The molecule has 0 atom stereocenters. The van der Waals surface area contributed by atoms with Crippen LogP contribution in [0.4, 0.5) is 5.69 Å². The van der Waals surface area contributed by atoms with E-state index in [0.29, 0.717) is 23.9 Å². The number of nitrogens with two attached hydrogens (primary N) is 1. The van der Waals surface area contributed by atoms with Crippen LogP contribution in [0.3, 0.4) is 0 Å². The SMILES string of the molecule is CCNS(=O)(=O)c1ccc(N2CC(CN)C2)cc1. The zero-order valence-corrected chi connectivity index (χ0v) is 11.3. The van der Waals surface area contributed by atoms with E-state index in [9.17, 15) is 8.42 Å². The number of hydrogen-bond donors (Lipinski definition) is 2. The van der Waals surface area contributed by atoms with Crippen LogP contribution >= 0.6 is 0 Å². The van der Waals surface area contributed by atoms with E-state index in [1.807, 2.05) is 12.1 Å². The summed E-state index contributed by atoms with van der Waals surface area (Å²) in [5.74, 6) is 0.565. The van der Waals surface area contributed by atoms with Gasteiger partial charge in [-0.15, -0.1) is 0 Å². The molecule has 1 aromatic carbocycles. The van der Waals surface area contributed by atoms with Crippen LogP contribution in [0, 0.1) is 5.92 Å². The first kappa shape index (κ1) is 13.3. The van der Waals surface area contributed by atoms with Crippen LogP contribution in [0.25, 0.3) is 0 Å². The van der Waals surface area contributed by atoms with Gasteiger partial charge >= 0.3 is 0 Å². The first-order chi connectivity index (χ1) is 8.56. The third kappa shape index (κ3) is 2.66. The standard InChI is InChI=1S/C12H19N3O2S/c1-2-14-18(16,17)12-5-3-11(4-6-12)15-8-10(7-13)9-15/h3-6,10,14H,2,7-9,13H2,1H3. The van der Waals surface area contributed by atoms with E-state index in [4.69, 9.17) is 5.73 Å². The zero-order chi connectivity index (χ0) is 13.2. The Morgan fingerprint density at radius 1 is 1.33 bits per heavy atom. The summed E-state index contributed by atoms with van der Waals surface area (Å²) in [5, 5.41) is 0. The highest BCUT2D eigenvalue weighted by atomic mass is 32.2. The number of hydrogen-bond acceptors (Lipinski definition) is 4. The van der Waals surface area contributed by atoms with Crippen molar-refractivity contribution in [1.82, 2.24) is 4.72 Å². The maximum absolute atomic E-state index is 11.8. The third-order valence-electron chi connectivity index (χ3n) is 3.14. The van der Waals surface area contributed by atoms with Crippen molar-refractivity contribution in [3.8, 4) is 0 Å². The van der Waals surface area contributed by atoms with Gasteiger partial charge in [-0.3, -0.25) is 0 Å². The maximum Gasteiger partial charge on any atom is 0.240 e. The van der Waals surface area contributed by atoms with Crippen molar-refractivity contribution in [2.24, 2.45) is 11.7 Å². The van der Waals surface area contributed by atoms with Crippen LogP contribution in [0.5, 0.6) is 0 Å². The Bertz CT molecular complexity index is 493. The van der Waals surface area contributed by atoms with Gasteiger partial charge in [-0.1, -0.05) is 6.92 Å². The fourth-order valence-electron chi connectivity index (χ4n) is 2.04. The molecular formula is C12H19N3O2S. The number of nitrogens with zero attached hydrogens (tertiary/aromatic N) is 1. The lowest BCUT2D eigenvalue weighted by atomic mass is 10.00. The minimum absolute atomic E-state index is 0.309. The number of sulfonamides is 1. The zero-order valence-electron chi connectivity index (χ0n) is 10.5. The van der Waals surface area contributed by atoms with Gasteiger partial charge in [0, 0.05) is 31.2 Å². The molecule has 100 valence electrons. The predicted molar refractivity (Wildman–Crippen MR) is 72.1 cm³/mol. The summed E-state index contributed by atoms with van der Waals surface area (Å²) in [6, 6.07) is 6.97. The predicted octanol–water partition coefficient (Wildman–Crippen LogP) is 0.380. The van der Waals surface area contributed by atoms with E-state index < -0.39 is 10.0 Å². The van der Waals surface area contributed by atoms with Gasteiger partial charge in [-0.05, 0) is 30.8 Å². The quantitative estimate of drug-likeness (QED) is 0.810. The smallest absolute Gasteiger partial charge is 0.240 e. The van der Waals surface area contributed by atoms with Crippen LogP contribution in [-0.2, 0) is 10.0 Å². The van der Waals surface area contributed by atoms with Gasteiger partial charge < -0.3 is 10.6 Å². The van der Waals surface area contributed by atoms with Crippen molar-refractivity contribution in [3.05, 3.63) is 24.3 Å². The average molecular weight is 269 g/mol. The average Bonchev–Trinajstić information content (AvgIpc) is 2.28. The molecule has 0 aromatic heterocycles. The highest BCUT2D eigenvalue weighted by Crippen LogP contribution is 2.25. The molecule has 1 heterocycles. The summed E-state index contributed by atoms with van der Waals surface area (Å²) >= 11 is 0. The van der Waals surface area contributed by atoms with Crippen molar-refractivity contribution in [2.75, 3.05) is 31.1 Å². The van der Waals surface area contributed by atoms with Crippen molar-refractivity contribution in [3.63, 3.8) is 0 Å². The summed E-state index contributed by atoms with van der Waals surface area (Å²) in [4.78, 5) is 2.50. The summed E-state index contributed by atoms with van der Waals surface area (Å²) in [5.41, 5.74) is 6.63. The molecular weight excluding hydrogens is 250 g/mol. The van der Waals surface area contributed by atoms with Crippen LogP contribution in [0.15, 0.2) is 29.2 Å². The van der Waals surface area contributed by atoms with Gasteiger partial charge in [0.05, 0.1) is 4.90 Å². The molecule has 0 bridgehead atoms. The lowest BCUT2D eigenvalue weighted by Crippen LogP contribution is -2.49. The van der Waals surface area contributed by atoms with E-state index >= 15 is 0 Å². The fourth-order valence-corrected chi connectivity index (χ4v) is 3.08. The Kier molecular flexibility index (Phi) is 3.89. The first-order valence-corrected chi connectivity index (χ1v) is 7.60. The second-order valence-electron chi connectivity index (χ2n) is 4.50. The minimum Gasteiger partial charge on any atom is -0.371 e. The third-order valence-corrected chi connectivity index (χ3v) is 4.70. The molecule has 6 heteroatoms. The largest absolute Gasteiger partial charge is 0.371 e. The van der Waals surface area contributed by atoms with E-state index in [1.54, 1.807) is 19.1 Å². The molecule has 2 rings (SSSR count).